The first kappa shape index (κ1) is 13.3. The highest BCUT2D eigenvalue weighted by Gasteiger charge is 2.23. The van der Waals surface area contributed by atoms with E-state index in [1.165, 1.54) is 23.5 Å². The van der Waals surface area contributed by atoms with Crippen molar-refractivity contribution in [2.45, 2.75) is 0 Å². The van der Waals surface area contributed by atoms with Gasteiger partial charge in [-0.25, -0.2) is 4.79 Å². The third-order valence-corrected chi connectivity index (χ3v) is 3.63. The summed E-state index contributed by atoms with van der Waals surface area (Å²) in [6, 6.07) is 7.89. The van der Waals surface area contributed by atoms with E-state index < -0.39 is 10.9 Å². The molecule has 1 aliphatic rings. The third kappa shape index (κ3) is 2.75. The standard InChI is InChI=1S/C15H9NO4S/c17-15-12(6-10-4-5-21-9-10)8-14(20-15)11-2-1-3-13(7-11)16(18)19/h1-9H/b12-6+. The van der Waals surface area contributed by atoms with Gasteiger partial charge in [0.1, 0.15) is 5.76 Å². The van der Waals surface area contributed by atoms with E-state index in [2.05, 4.69) is 0 Å². The van der Waals surface area contributed by atoms with Crippen molar-refractivity contribution in [3.63, 3.8) is 0 Å². The summed E-state index contributed by atoms with van der Waals surface area (Å²) in [5.41, 5.74) is 1.81. The molecule has 21 heavy (non-hydrogen) atoms. The highest BCUT2D eigenvalue weighted by molar-refractivity contribution is 7.08. The Morgan fingerprint density at radius 1 is 1.29 bits per heavy atom. The largest absolute Gasteiger partial charge is 0.422 e. The number of carbonyl (C=O) groups excluding carboxylic acids is 1. The lowest BCUT2D eigenvalue weighted by Gasteiger charge is -2.01. The Morgan fingerprint density at radius 3 is 2.86 bits per heavy atom. The molecule has 1 aromatic heterocycles. The smallest absolute Gasteiger partial charge is 0.343 e. The Bertz CT molecular complexity index is 775. The van der Waals surface area contributed by atoms with Crippen LogP contribution < -0.4 is 0 Å². The summed E-state index contributed by atoms with van der Waals surface area (Å²) >= 11 is 1.53. The van der Waals surface area contributed by atoms with Gasteiger partial charge in [0.15, 0.2) is 0 Å². The molecule has 0 unspecified atom stereocenters. The van der Waals surface area contributed by atoms with Crippen molar-refractivity contribution in [1.82, 2.24) is 0 Å². The highest BCUT2D eigenvalue weighted by Crippen LogP contribution is 2.29. The van der Waals surface area contributed by atoms with Crippen molar-refractivity contribution in [2.75, 3.05) is 0 Å². The van der Waals surface area contributed by atoms with Crippen molar-refractivity contribution in [3.05, 3.63) is 74.0 Å². The maximum Gasteiger partial charge on any atom is 0.343 e. The molecule has 6 heteroatoms. The molecule has 2 heterocycles. The molecule has 0 bridgehead atoms. The van der Waals surface area contributed by atoms with E-state index in [0.717, 1.165) is 5.56 Å². The number of benzene rings is 1. The van der Waals surface area contributed by atoms with E-state index in [1.807, 2.05) is 16.8 Å². The second-order valence-corrected chi connectivity index (χ2v) is 5.14. The van der Waals surface area contributed by atoms with Gasteiger partial charge in [0.05, 0.1) is 10.5 Å². The summed E-state index contributed by atoms with van der Waals surface area (Å²) in [6.45, 7) is 0. The molecule has 0 spiro atoms. The van der Waals surface area contributed by atoms with Gasteiger partial charge < -0.3 is 4.74 Å². The number of esters is 1. The van der Waals surface area contributed by atoms with Crippen LogP contribution in [0.5, 0.6) is 0 Å². The van der Waals surface area contributed by atoms with E-state index in [4.69, 9.17) is 4.74 Å². The monoisotopic (exact) mass is 299 g/mol. The molecule has 1 aliphatic heterocycles. The minimum absolute atomic E-state index is 0.0419. The van der Waals surface area contributed by atoms with Gasteiger partial charge in [-0.05, 0) is 34.5 Å². The van der Waals surface area contributed by atoms with Crippen LogP contribution in [0, 0.1) is 10.1 Å². The van der Waals surface area contributed by atoms with Crippen molar-refractivity contribution in [3.8, 4) is 0 Å². The molecule has 0 aliphatic carbocycles. The van der Waals surface area contributed by atoms with Gasteiger partial charge in [0.25, 0.3) is 5.69 Å². The number of nitro groups is 1. The Labute approximate surface area is 123 Å². The van der Waals surface area contributed by atoms with Gasteiger partial charge in [0, 0.05) is 17.7 Å². The van der Waals surface area contributed by atoms with Gasteiger partial charge in [-0.3, -0.25) is 10.1 Å². The van der Waals surface area contributed by atoms with Crippen LogP contribution in [0.4, 0.5) is 5.69 Å². The second kappa shape index (κ2) is 5.34. The molecule has 104 valence electrons. The molecule has 0 amide bonds. The van der Waals surface area contributed by atoms with Crippen LogP contribution in [0.1, 0.15) is 11.1 Å². The van der Waals surface area contributed by atoms with E-state index in [-0.39, 0.29) is 5.69 Å². The number of carbonyl (C=O) groups is 1. The lowest BCUT2D eigenvalue weighted by molar-refractivity contribution is -0.384. The number of non-ortho nitro benzene ring substituents is 1. The topological polar surface area (TPSA) is 69.4 Å². The lowest BCUT2D eigenvalue weighted by atomic mass is 10.1. The Hall–Kier alpha value is -2.73. The van der Waals surface area contributed by atoms with Gasteiger partial charge in [-0.15, -0.1) is 0 Å². The van der Waals surface area contributed by atoms with Crippen LogP contribution >= 0.6 is 11.3 Å². The number of rotatable bonds is 3. The molecular formula is C15H9NO4S. The summed E-state index contributed by atoms with van der Waals surface area (Å²) in [4.78, 5) is 22.1. The molecular weight excluding hydrogens is 290 g/mol. The lowest BCUT2D eigenvalue weighted by Crippen LogP contribution is -1.97. The first-order valence-electron chi connectivity index (χ1n) is 6.06. The minimum atomic E-state index is -0.483. The predicted molar refractivity (Wildman–Crippen MR) is 79.5 cm³/mol. The number of ether oxygens (including phenoxy) is 1. The Morgan fingerprint density at radius 2 is 2.14 bits per heavy atom. The number of thiophene rings is 1. The zero-order valence-corrected chi connectivity index (χ0v) is 11.5. The van der Waals surface area contributed by atoms with Crippen LogP contribution in [0.15, 0.2) is 52.7 Å². The van der Waals surface area contributed by atoms with Gasteiger partial charge in [-0.2, -0.15) is 11.3 Å². The van der Waals surface area contributed by atoms with E-state index >= 15 is 0 Å². The van der Waals surface area contributed by atoms with E-state index in [9.17, 15) is 14.9 Å². The quantitative estimate of drug-likeness (QED) is 0.375. The van der Waals surface area contributed by atoms with Gasteiger partial charge >= 0.3 is 5.97 Å². The van der Waals surface area contributed by atoms with Crippen molar-refractivity contribution in [2.24, 2.45) is 0 Å². The fraction of sp³-hybridized carbons (Fsp3) is 0. The number of hydrogen-bond acceptors (Lipinski definition) is 5. The number of nitro benzene ring substituents is 1. The number of hydrogen-bond donors (Lipinski definition) is 0. The molecule has 0 atom stereocenters. The molecule has 3 rings (SSSR count). The SMILES string of the molecule is O=C1OC(c2cccc([N+](=O)[O-])c2)=C/C1=C\c1ccsc1. The highest BCUT2D eigenvalue weighted by atomic mass is 32.1. The molecule has 0 saturated heterocycles. The van der Waals surface area contributed by atoms with Crippen LogP contribution in [-0.2, 0) is 9.53 Å². The molecule has 0 fully saturated rings. The molecule has 0 saturated carbocycles. The molecule has 2 aromatic rings. The summed E-state index contributed by atoms with van der Waals surface area (Å²) in [7, 11) is 0. The third-order valence-electron chi connectivity index (χ3n) is 2.93. The second-order valence-electron chi connectivity index (χ2n) is 4.36. The van der Waals surface area contributed by atoms with Crippen molar-refractivity contribution >= 4 is 34.8 Å². The number of nitrogens with zero attached hydrogens (tertiary/aromatic N) is 1. The van der Waals surface area contributed by atoms with E-state index in [0.29, 0.717) is 16.9 Å². The summed E-state index contributed by atoms with van der Waals surface area (Å²) in [6.07, 6.45) is 3.32. The Kier molecular flexibility index (Phi) is 3.37. The normalized spacial score (nSPS) is 15.9. The van der Waals surface area contributed by atoms with Crippen LogP contribution in [-0.4, -0.2) is 10.9 Å². The van der Waals surface area contributed by atoms with Crippen LogP contribution in [0.3, 0.4) is 0 Å². The molecule has 5 nitrogen and oxygen atoms in total. The van der Waals surface area contributed by atoms with Crippen LogP contribution in [0.2, 0.25) is 0 Å². The zero-order chi connectivity index (χ0) is 14.8. The maximum atomic E-state index is 11.8. The van der Waals surface area contributed by atoms with Crippen molar-refractivity contribution in [1.29, 1.82) is 0 Å². The first-order valence-corrected chi connectivity index (χ1v) is 7.00. The molecule has 0 N–H and O–H groups in total. The van der Waals surface area contributed by atoms with Crippen molar-refractivity contribution < 1.29 is 14.5 Å². The maximum absolute atomic E-state index is 11.8. The summed E-state index contributed by atoms with van der Waals surface area (Å²) < 4.78 is 5.18. The van der Waals surface area contributed by atoms with E-state index in [1.54, 1.807) is 24.3 Å². The first-order chi connectivity index (χ1) is 10.1. The van der Waals surface area contributed by atoms with Crippen LogP contribution in [0.25, 0.3) is 11.8 Å². The van der Waals surface area contributed by atoms with Gasteiger partial charge in [0.2, 0.25) is 0 Å². The summed E-state index contributed by atoms with van der Waals surface area (Å²) in [5.74, 6) is -0.132. The average molecular weight is 299 g/mol. The fourth-order valence-electron chi connectivity index (χ4n) is 1.94. The zero-order valence-electron chi connectivity index (χ0n) is 10.7. The minimum Gasteiger partial charge on any atom is -0.422 e. The fourth-order valence-corrected chi connectivity index (χ4v) is 2.56. The molecule has 0 radical (unpaired) electrons. The predicted octanol–water partition coefficient (Wildman–Crippen LogP) is 3.64. The van der Waals surface area contributed by atoms with Gasteiger partial charge in [-0.1, -0.05) is 12.1 Å². The summed E-state index contributed by atoms with van der Waals surface area (Å²) in [5, 5.41) is 14.6. The average Bonchev–Trinajstić information content (AvgIpc) is 3.10. The molecule has 1 aromatic carbocycles. The Balaban J connectivity index is 1.95. The number of cyclic esters (lactones) is 1.